The predicted molar refractivity (Wildman–Crippen MR) is 135 cm³/mol. The summed E-state index contributed by atoms with van der Waals surface area (Å²) in [7, 11) is 0. The highest BCUT2D eigenvalue weighted by Gasteiger charge is 2.18. The topological polar surface area (TPSA) is 52.5 Å². The molecule has 4 heteroatoms. The number of hydrogen-bond acceptors (Lipinski definition) is 4. The van der Waals surface area contributed by atoms with Gasteiger partial charge in [-0.05, 0) is 47.9 Å². The maximum Gasteiger partial charge on any atom is 0.131 e. The molecule has 0 spiro atoms. The van der Waals surface area contributed by atoms with E-state index in [1.165, 1.54) is 11.9 Å². The molecule has 3 nitrogen and oxygen atoms in total. The number of fused-ring (bicyclic) bond motifs is 2. The third-order valence-electron chi connectivity index (χ3n) is 5.13. The average Bonchev–Trinajstić information content (AvgIpc) is 2.81. The molecule has 0 unspecified atom stereocenters. The van der Waals surface area contributed by atoms with Crippen molar-refractivity contribution in [2.75, 3.05) is 4.72 Å². The minimum atomic E-state index is 0.127. The van der Waals surface area contributed by atoms with E-state index in [9.17, 15) is 10.2 Å². The molecule has 154 valence electrons. The number of allylic oxidation sites excluding steroid dienone is 4. The lowest BCUT2D eigenvalue weighted by molar-refractivity contribution is 0.472. The standard InChI is InChI=1S/C27H23NO2S/c1-3-5-11-19(4-2)31-28-24-17-23(27(30)22-14-9-8-13-21(22)24)26-20-12-7-6-10-18(20)15-16-25(26)29/h3-17,28-30H,2H2,1H3/b5-3-,19-11+. The third kappa shape index (κ3) is 4.03. The van der Waals surface area contributed by atoms with Crippen LogP contribution in [0.3, 0.4) is 0 Å². The zero-order chi connectivity index (χ0) is 21.8. The number of phenols is 2. The third-order valence-corrected chi connectivity index (χ3v) is 5.99. The second-order valence-electron chi connectivity index (χ2n) is 7.05. The first-order chi connectivity index (χ1) is 15.1. The van der Waals surface area contributed by atoms with Gasteiger partial charge in [-0.3, -0.25) is 0 Å². The Kier molecular flexibility index (Phi) is 6.01. The van der Waals surface area contributed by atoms with Gasteiger partial charge < -0.3 is 14.9 Å². The Hall–Kier alpha value is -3.63. The quantitative estimate of drug-likeness (QED) is 0.168. The fraction of sp³-hybridized carbons (Fsp3) is 0.0370. The molecule has 0 saturated carbocycles. The Labute approximate surface area is 186 Å². The first-order valence-electron chi connectivity index (χ1n) is 9.98. The van der Waals surface area contributed by atoms with Crippen molar-refractivity contribution in [3.05, 3.63) is 103 Å². The van der Waals surface area contributed by atoms with Crippen molar-refractivity contribution in [1.29, 1.82) is 0 Å². The van der Waals surface area contributed by atoms with E-state index in [1.807, 2.05) is 85.8 Å². The normalized spacial score (nSPS) is 12.0. The summed E-state index contributed by atoms with van der Waals surface area (Å²) in [5.74, 6) is 0.272. The molecule has 4 rings (SSSR count). The summed E-state index contributed by atoms with van der Waals surface area (Å²) in [6.45, 7) is 5.84. The van der Waals surface area contributed by atoms with Crippen molar-refractivity contribution < 1.29 is 10.2 Å². The van der Waals surface area contributed by atoms with Crippen LogP contribution in [0.1, 0.15) is 6.92 Å². The lowest BCUT2D eigenvalue weighted by atomic mass is 9.93. The van der Waals surface area contributed by atoms with Gasteiger partial charge in [-0.2, -0.15) is 0 Å². The number of nitrogens with one attached hydrogen (secondary N) is 1. The fourth-order valence-corrected chi connectivity index (χ4v) is 4.25. The van der Waals surface area contributed by atoms with Crippen LogP contribution in [0.25, 0.3) is 32.7 Å². The molecular weight excluding hydrogens is 402 g/mol. The Morgan fingerprint density at radius 3 is 2.39 bits per heavy atom. The summed E-state index contributed by atoms with van der Waals surface area (Å²) < 4.78 is 3.40. The predicted octanol–water partition coefficient (Wildman–Crippen LogP) is 7.78. The van der Waals surface area contributed by atoms with E-state index >= 15 is 0 Å². The lowest BCUT2D eigenvalue weighted by Gasteiger charge is -2.17. The number of benzene rings is 4. The molecule has 0 saturated heterocycles. The smallest absolute Gasteiger partial charge is 0.131 e. The van der Waals surface area contributed by atoms with Crippen LogP contribution in [0.15, 0.2) is 103 Å². The van der Waals surface area contributed by atoms with Gasteiger partial charge in [0, 0.05) is 26.8 Å². The SMILES string of the molecule is C=C/C(=C\C=C/C)SNc1cc(-c2c(O)ccc3ccccc23)c(O)c2ccccc12. The van der Waals surface area contributed by atoms with Crippen LogP contribution in [-0.4, -0.2) is 10.2 Å². The van der Waals surface area contributed by atoms with E-state index in [0.29, 0.717) is 16.5 Å². The molecular formula is C27H23NO2S. The van der Waals surface area contributed by atoms with Crippen molar-refractivity contribution in [3.63, 3.8) is 0 Å². The number of rotatable bonds is 6. The van der Waals surface area contributed by atoms with Gasteiger partial charge in [-0.25, -0.2) is 0 Å². The summed E-state index contributed by atoms with van der Waals surface area (Å²) in [6.07, 6.45) is 7.68. The molecule has 0 heterocycles. The van der Waals surface area contributed by atoms with Crippen molar-refractivity contribution in [3.8, 4) is 22.6 Å². The molecule has 3 N–H and O–H groups in total. The monoisotopic (exact) mass is 425 g/mol. The summed E-state index contributed by atoms with van der Waals surface area (Å²) in [6, 6.07) is 21.0. The van der Waals surface area contributed by atoms with E-state index in [-0.39, 0.29) is 11.5 Å². The Balaban J connectivity index is 1.92. The zero-order valence-corrected chi connectivity index (χ0v) is 18.0. The number of hydrogen-bond donors (Lipinski definition) is 3. The van der Waals surface area contributed by atoms with Crippen molar-refractivity contribution in [2.24, 2.45) is 0 Å². The van der Waals surface area contributed by atoms with Gasteiger partial charge in [0.05, 0.1) is 5.69 Å². The maximum absolute atomic E-state index is 11.2. The Morgan fingerprint density at radius 2 is 1.65 bits per heavy atom. The lowest BCUT2D eigenvalue weighted by Crippen LogP contribution is -1.92. The maximum atomic E-state index is 11.2. The van der Waals surface area contributed by atoms with E-state index in [0.717, 1.165) is 26.8 Å². The highest BCUT2D eigenvalue weighted by Crippen LogP contribution is 2.46. The van der Waals surface area contributed by atoms with Gasteiger partial charge in [0.2, 0.25) is 0 Å². The van der Waals surface area contributed by atoms with Gasteiger partial charge in [0.25, 0.3) is 0 Å². The molecule has 4 aromatic rings. The number of phenolic OH excluding ortho intramolecular Hbond substituents is 2. The van der Waals surface area contributed by atoms with Crippen molar-refractivity contribution >= 4 is 39.2 Å². The zero-order valence-electron chi connectivity index (χ0n) is 17.2. The largest absolute Gasteiger partial charge is 0.507 e. The average molecular weight is 426 g/mol. The molecule has 0 fully saturated rings. The van der Waals surface area contributed by atoms with Crippen LogP contribution >= 0.6 is 11.9 Å². The van der Waals surface area contributed by atoms with Crippen LogP contribution in [0.4, 0.5) is 5.69 Å². The highest BCUT2D eigenvalue weighted by molar-refractivity contribution is 8.04. The second kappa shape index (κ2) is 9.02. The molecule has 4 aromatic carbocycles. The van der Waals surface area contributed by atoms with Crippen LogP contribution in [-0.2, 0) is 0 Å². The van der Waals surface area contributed by atoms with Crippen LogP contribution < -0.4 is 4.72 Å². The molecule has 0 amide bonds. The van der Waals surface area contributed by atoms with Crippen LogP contribution in [0, 0.1) is 0 Å². The summed E-state index contributed by atoms with van der Waals surface area (Å²) >= 11 is 1.44. The minimum Gasteiger partial charge on any atom is -0.507 e. The molecule has 0 atom stereocenters. The minimum absolute atomic E-state index is 0.127. The highest BCUT2D eigenvalue weighted by atomic mass is 32.2. The first-order valence-corrected chi connectivity index (χ1v) is 10.8. The summed E-state index contributed by atoms with van der Waals surface area (Å²) in [5.41, 5.74) is 2.03. The molecule has 0 aliphatic carbocycles. The second-order valence-corrected chi connectivity index (χ2v) is 7.93. The van der Waals surface area contributed by atoms with E-state index in [1.54, 1.807) is 12.1 Å². The van der Waals surface area contributed by atoms with E-state index in [2.05, 4.69) is 11.3 Å². The molecule has 31 heavy (non-hydrogen) atoms. The molecule has 0 aromatic heterocycles. The summed E-state index contributed by atoms with van der Waals surface area (Å²) in [4.78, 5) is 0.963. The number of anilines is 1. The van der Waals surface area contributed by atoms with E-state index < -0.39 is 0 Å². The first kappa shape index (κ1) is 20.6. The van der Waals surface area contributed by atoms with Gasteiger partial charge in [0.1, 0.15) is 11.5 Å². The van der Waals surface area contributed by atoms with Crippen LogP contribution in [0.2, 0.25) is 0 Å². The fourth-order valence-electron chi connectivity index (χ4n) is 3.63. The van der Waals surface area contributed by atoms with Crippen LogP contribution in [0.5, 0.6) is 11.5 Å². The van der Waals surface area contributed by atoms with Gasteiger partial charge in [-0.15, -0.1) is 0 Å². The van der Waals surface area contributed by atoms with Gasteiger partial charge >= 0.3 is 0 Å². The molecule has 0 aliphatic heterocycles. The van der Waals surface area contributed by atoms with E-state index in [4.69, 9.17) is 0 Å². The molecule has 0 bridgehead atoms. The Bertz CT molecular complexity index is 1340. The Morgan fingerprint density at radius 1 is 0.935 bits per heavy atom. The van der Waals surface area contributed by atoms with Gasteiger partial charge in [-0.1, -0.05) is 79.4 Å². The molecule has 0 aliphatic rings. The molecule has 0 radical (unpaired) electrons. The van der Waals surface area contributed by atoms with Crippen molar-refractivity contribution in [1.82, 2.24) is 0 Å². The summed E-state index contributed by atoms with van der Waals surface area (Å²) in [5, 5.41) is 25.4. The van der Waals surface area contributed by atoms with Crippen molar-refractivity contribution in [2.45, 2.75) is 6.92 Å². The number of aromatic hydroxyl groups is 2. The van der Waals surface area contributed by atoms with Gasteiger partial charge in [0.15, 0.2) is 0 Å².